The summed E-state index contributed by atoms with van der Waals surface area (Å²) in [5, 5.41) is 9.70. The number of nitrogens with zero attached hydrogens (tertiary/aromatic N) is 1. The van der Waals surface area contributed by atoms with Gasteiger partial charge < -0.3 is 15.2 Å². The van der Waals surface area contributed by atoms with Crippen LogP contribution in [-0.4, -0.2) is 24.7 Å². The van der Waals surface area contributed by atoms with E-state index in [2.05, 4.69) is 15.8 Å². The van der Waals surface area contributed by atoms with Crippen molar-refractivity contribution in [1.29, 1.82) is 0 Å². The molecule has 90 valence electrons. The molecule has 0 atom stereocenters. The first-order chi connectivity index (χ1) is 7.65. The van der Waals surface area contributed by atoms with E-state index in [-0.39, 0.29) is 5.91 Å². The van der Waals surface area contributed by atoms with Crippen molar-refractivity contribution in [3.63, 3.8) is 0 Å². The summed E-state index contributed by atoms with van der Waals surface area (Å²) in [6.45, 7) is 5.08. The van der Waals surface area contributed by atoms with Gasteiger partial charge in [-0.2, -0.15) is 0 Å². The predicted octanol–water partition coefficient (Wildman–Crippen LogP) is 0.907. The number of nitrogens with one attached hydrogen (secondary N) is 2. The van der Waals surface area contributed by atoms with Crippen LogP contribution in [0.1, 0.15) is 29.9 Å². The van der Waals surface area contributed by atoms with Crippen molar-refractivity contribution in [3.05, 3.63) is 17.0 Å². The van der Waals surface area contributed by atoms with Crippen LogP contribution in [0.3, 0.4) is 0 Å². The van der Waals surface area contributed by atoms with Gasteiger partial charge >= 0.3 is 0 Å². The summed E-state index contributed by atoms with van der Waals surface area (Å²) in [7, 11) is 1.88. The average molecular weight is 225 g/mol. The Kier molecular flexibility index (Phi) is 4.98. The second-order valence-electron chi connectivity index (χ2n) is 3.79. The van der Waals surface area contributed by atoms with E-state index in [1.54, 1.807) is 0 Å². The molecule has 1 heterocycles. The van der Waals surface area contributed by atoms with Gasteiger partial charge in [-0.15, -0.1) is 0 Å². The van der Waals surface area contributed by atoms with Crippen LogP contribution in [0.25, 0.3) is 0 Å². The van der Waals surface area contributed by atoms with Crippen molar-refractivity contribution in [2.75, 3.05) is 13.6 Å². The van der Waals surface area contributed by atoms with E-state index >= 15 is 0 Å². The minimum absolute atomic E-state index is 0.0650. The standard InChI is InChI=1S/C11H19N3O2/c1-8-10(9(2)16-14-8)7-13-11(15)5-4-6-12-3/h12H,4-7H2,1-3H3,(H,13,15). The minimum atomic E-state index is 0.0650. The van der Waals surface area contributed by atoms with E-state index in [1.807, 2.05) is 20.9 Å². The van der Waals surface area contributed by atoms with E-state index in [9.17, 15) is 4.79 Å². The number of amides is 1. The second kappa shape index (κ2) is 6.27. The van der Waals surface area contributed by atoms with Gasteiger partial charge in [-0.05, 0) is 33.9 Å². The van der Waals surface area contributed by atoms with Gasteiger partial charge in [-0.25, -0.2) is 0 Å². The Bertz CT molecular complexity index is 327. The van der Waals surface area contributed by atoms with Crippen LogP contribution in [0, 0.1) is 13.8 Å². The average Bonchev–Trinajstić information content (AvgIpc) is 2.57. The summed E-state index contributed by atoms with van der Waals surface area (Å²) in [6.07, 6.45) is 1.40. The number of aryl methyl sites for hydroxylation is 2. The number of aromatic nitrogens is 1. The Morgan fingerprint density at radius 2 is 2.19 bits per heavy atom. The maximum Gasteiger partial charge on any atom is 0.220 e. The molecule has 1 aromatic rings. The molecule has 2 N–H and O–H groups in total. The van der Waals surface area contributed by atoms with E-state index in [1.165, 1.54) is 0 Å². The van der Waals surface area contributed by atoms with Gasteiger partial charge in [0.2, 0.25) is 5.91 Å². The Morgan fingerprint density at radius 1 is 1.44 bits per heavy atom. The van der Waals surface area contributed by atoms with Crippen LogP contribution >= 0.6 is 0 Å². The van der Waals surface area contributed by atoms with Crippen LogP contribution in [0.15, 0.2) is 4.52 Å². The Hall–Kier alpha value is -1.36. The zero-order valence-electron chi connectivity index (χ0n) is 10.1. The lowest BCUT2D eigenvalue weighted by atomic mass is 10.2. The zero-order valence-corrected chi connectivity index (χ0v) is 10.1. The maximum absolute atomic E-state index is 11.4. The van der Waals surface area contributed by atoms with Gasteiger partial charge in [0, 0.05) is 18.5 Å². The molecule has 0 fully saturated rings. The van der Waals surface area contributed by atoms with Crippen LogP contribution in [-0.2, 0) is 11.3 Å². The molecule has 1 rings (SSSR count). The summed E-state index contributed by atoms with van der Waals surface area (Å²) in [4.78, 5) is 11.4. The first-order valence-electron chi connectivity index (χ1n) is 5.48. The highest BCUT2D eigenvalue weighted by molar-refractivity contribution is 5.75. The smallest absolute Gasteiger partial charge is 0.220 e. The molecule has 0 bridgehead atoms. The molecule has 0 aliphatic carbocycles. The topological polar surface area (TPSA) is 67.2 Å². The first-order valence-corrected chi connectivity index (χ1v) is 5.48. The molecule has 0 unspecified atom stereocenters. The third kappa shape index (κ3) is 3.66. The second-order valence-corrected chi connectivity index (χ2v) is 3.79. The SMILES string of the molecule is CNCCCC(=O)NCc1c(C)noc1C. The molecule has 0 aromatic carbocycles. The lowest BCUT2D eigenvalue weighted by Gasteiger charge is -2.04. The summed E-state index contributed by atoms with van der Waals surface area (Å²) >= 11 is 0. The fourth-order valence-corrected chi connectivity index (χ4v) is 1.46. The lowest BCUT2D eigenvalue weighted by Crippen LogP contribution is -2.24. The van der Waals surface area contributed by atoms with Crippen LogP contribution in [0.5, 0.6) is 0 Å². The van der Waals surface area contributed by atoms with Gasteiger partial charge in [0.1, 0.15) is 5.76 Å². The highest BCUT2D eigenvalue weighted by Crippen LogP contribution is 2.11. The van der Waals surface area contributed by atoms with E-state index in [0.717, 1.165) is 30.0 Å². The molecule has 0 aliphatic heterocycles. The number of hydrogen-bond acceptors (Lipinski definition) is 4. The van der Waals surface area contributed by atoms with Crippen molar-refractivity contribution < 1.29 is 9.32 Å². The van der Waals surface area contributed by atoms with Crippen molar-refractivity contribution in [2.24, 2.45) is 0 Å². The quantitative estimate of drug-likeness (QED) is 0.706. The third-order valence-electron chi connectivity index (χ3n) is 2.47. The summed E-state index contributed by atoms with van der Waals surface area (Å²) < 4.78 is 5.01. The maximum atomic E-state index is 11.4. The first kappa shape index (κ1) is 12.7. The largest absolute Gasteiger partial charge is 0.361 e. The van der Waals surface area contributed by atoms with Crippen molar-refractivity contribution >= 4 is 5.91 Å². The fraction of sp³-hybridized carbons (Fsp3) is 0.636. The Labute approximate surface area is 95.6 Å². The van der Waals surface area contributed by atoms with E-state index in [4.69, 9.17) is 4.52 Å². The number of rotatable bonds is 6. The molecule has 0 radical (unpaired) electrons. The fourth-order valence-electron chi connectivity index (χ4n) is 1.46. The summed E-state index contributed by atoms with van der Waals surface area (Å²) in [5.41, 5.74) is 1.81. The normalized spacial score (nSPS) is 10.4. The highest BCUT2D eigenvalue weighted by Gasteiger charge is 2.09. The summed E-state index contributed by atoms with van der Waals surface area (Å²) in [6, 6.07) is 0. The van der Waals surface area contributed by atoms with Crippen LogP contribution in [0.4, 0.5) is 0 Å². The highest BCUT2D eigenvalue weighted by atomic mass is 16.5. The molecule has 1 aromatic heterocycles. The molecule has 5 nitrogen and oxygen atoms in total. The molecular weight excluding hydrogens is 206 g/mol. The number of carbonyl (C=O) groups is 1. The van der Waals surface area contributed by atoms with E-state index in [0.29, 0.717) is 13.0 Å². The Balaban J connectivity index is 2.32. The molecule has 5 heteroatoms. The third-order valence-corrected chi connectivity index (χ3v) is 2.47. The molecule has 0 saturated heterocycles. The van der Waals surface area contributed by atoms with Crippen molar-refractivity contribution in [2.45, 2.75) is 33.2 Å². The van der Waals surface area contributed by atoms with Gasteiger partial charge in [0.25, 0.3) is 0 Å². The molecule has 16 heavy (non-hydrogen) atoms. The molecule has 0 spiro atoms. The molecule has 0 saturated carbocycles. The molecular formula is C11H19N3O2. The number of hydrogen-bond donors (Lipinski definition) is 2. The van der Waals surface area contributed by atoms with E-state index < -0.39 is 0 Å². The molecule has 1 amide bonds. The zero-order chi connectivity index (χ0) is 12.0. The van der Waals surface area contributed by atoms with Gasteiger partial charge in [0.05, 0.1) is 5.69 Å². The lowest BCUT2D eigenvalue weighted by molar-refractivity contribution is -0.121. The van der Waals surface area contributed by atoms with Crippen LogP contribution in [0.2, 0.25) is 0 Å². The van der Waals surface area contributed by atoms with Crippen molar-refractivity contribution in [3.8, 4) is 0 Å². The monoisotopic (exact) mass is 225 g/mol. The van der Waals surface area contributed by atoms with Gasteiger partial charge in [0.15, 0.2) is 0 Å². The Morgan fingerprint density at radius 3 is 2.75 bits per heavy atom. The molecule has 0 aliphatic rings. The van der Waals surface area contributed by atoms with Crippen molar-refractivity contribution in [1.82, 2.24) is 15.8 Å². The number of carbonyl (C=O) groups excluding carboxylic acids is 1. The van der Waals surface area contributed by atoms with Gasteiger partial charge in [-0.3, -0.25) is 4.79 Å². The van der Waals surface area contributed by atoms with Gasteiger partial charge in [-0.1, -0.05) is 5.16 Å². The predicted molar refractivity (Wildman–Crippen MR) is 61.0 cm³/mol. The van der Waals surface area contributed by atoms with Crippen LogP contribution < -0.4 is 10.6 Å². The summed E-state index contributed by atoms with van der Waals surface area (Å²) in [5.74, 6) is 0.836. The minimum Gasteiger partial charge on any atom is -0.361 e.